The molecule has 2 N–H and O–H groups in total. The molecule has 4 nitrogen and oxygen atoms in total. The molecule has 2 rings (SSSR count). The maximum atomic E-state index is 12.2. The normalized spacial score (nSPS) is 11.8. The zero-order valence-electron chi connectivity index (χ0n) is 12.7. The summed E-state index contributed by atoms with van der Waals surface area (Å²) in [7, 11) is 0. The van der Waals surface area contributed by atoms with Crippen molar-refractivity contribution < 1.29 is 4.79 Å². The number of hydrogen-bond acceptors (Lipinski definition) is 2. The lowest BCUT2D eigenvalue weighted by Gasteiger charge is -2.17. The number of nitrogens with one attached hydrogen (secondary N) is 2. The molecule has 1 aromatic heterocycles. The lowest BCUT2D eigenvalue weighted by Crippen LogP contribution is -2.31. The maximum absolute atomic E-state index is 12.2. The fourth-order valence-corrected chi connectivity index (χ4v) is 2.28. The molecule has 2 amide bonds. The van der Waals surface area contributed by atoms with Gasteiger partial charge in [-0.25, -0.2) is 4.79 Å². The summed E-state index contributed by atoms with van der Waals surface area (Å²) in [6.45, 7) is 6.03. The van der Waals surface area contributed by atoms with Crippen LogP contribution in [-0.4, -0.2) is 11.0 Å². The van der Waals surface area contributed by atoms with Crippen molar-refractivity contribution in [3.05, 3.63) is 59.4 Å². The predicted octanol–water partition coefficient (Wildman–Crippen LogP) is 3.84. The highest BCUT2D eigenvalue weighted by molar-refractivity contribution is 5.91. The number of para-hydroxylation sites is 1. The van der Waals surface area contributed by atoms with Crippen LogP contribution in [0.3, 0.4) is 0 Å². The van der Waals surface area contributed by atoms with Crippen molar-refractivity contribution in [2.24, 2.45) is 0 Å². The third kappa shape index (κ3) is 3.81. The van der Waals surface area contributed by atoms with Crippen LogP contribution in [0, 0.1) is 6.92 Å². The molecule has 0 saturated heterocycles. The highest BCUT2D eigenvalue weighted by atomic mass is 16.2. The van der Waals surface area contributed by atoms with E-state index >= 15 is 0 Å². The van der Waals surface area contributed by atoms with Gasteiger partial charge in [-0.15, -0.1) is 0 Å². The first kappa shape index (κ1) is 15.0. The van der Waals surface area contributed by atoms with Crippen LogP contribution in [0.2, 0.25) is 0 Å². The Labute approximate surface area is 125 Å². The Kier molecular flexibility index (Phi) is 4.93. The summed E-state index contributed by atoms with van der Waals surface area (Å²) >= 11 is 0. The summed E-state index contributed by atoms with van der Waals surface area (Å²) in [5.41, 5.74) is 4.14. The van der Waals surface area contributed by atoms with E-state index in [9.17, 15) is 4.79 Å². The fraction of sp³-hybridized carbons (Fsp3) is 0.294. The van der Waals surface area contributed by atoms with Gasteiger partial charge in [-0.2, -0.15) is 0 Å². The molecule has 0 fully saturated rings. The smallest absolute Gasteiger partial charge is 0.319 e. The van der Waals surface area contributed by atoms with Gasteiger partial charge in [0.05, 0.1) is 6.04 Å². The Morgan fingerprint density at radius 1 is 1.24 bits per heavy atom. The van der Waals surface area contributed by atoms with E-state index in [1.807, 2.05) is 44.2 Å². The van der Waals surface area contributed by atoms with E-state index in [0.29, 0.717) is 0 Å². The molecular weight excluding hydrogens is 262 g/mol. The zero-order chi connectivity index (χ0) is 15.2. The largest absolute Gasteiger partial charge is 0.331 e. The van der Waals surface area contributed by atoms with E-state index in [1.165, 1.54) is 0 Å². The third-order valence-corrected chi connectivity index (χ3v) is 3.53. The number of hydrogen-bond donors (Lipinski definition) is 2. The number of benzene rings is 1. The lowest BCUT2D eigenvalue weighted by atomic mass is 10.1. The second-order valence-corrected chi connectivity index (χ2v) is 5.06. The van der Waals surface area contributed by atoms with Crippen LogP contribution in [0.15, 0.2) is 42.7 Å². The molecule has 0 radical (unpaired) electrons. The van der Waals surface area contributed by atoms with Crippen molar-refractivity contribution in [2.75, 3.05) is 5.32 Å². The zero-order valence-corrected chi connectivity index (χ0v) is 12.7. The number of pyridine rings is 1. The first-order valence-electron chi connectivity index (χ1n) is 7.17. The van der Waals surface area contributed by atoms with Crippen LogP contribution >= 0.6 is 0 Å². The Morgan fingerprint density at radius 2 is 1.95 bits per heavy atom. The molecule has 0 aliphatic rings. The van der Waals surface area contributed by atoms with Crippen molar-refractivity contribution in [3.63, 3.8) is 0 Å². The molecule has 1 atom stereocenters. The number of carbonyl (C=O) groups excluding carboxylic acids is 1. The Bertz CT molecular complexity index is 611. The van der Waals surface area contributed by atoms with Crippen LogP contribution in [0.4, 0.5) is 10.5 Å². The molecule has 1 aromatic carbocycles. The number of amides is 2. The molecule has 0 unspecified atom stereocenters. The van der Waals surface area contributed by atoms with E-state index in [4.69, 9.17) is 0 Å². The summed E-state index contributed by atoms with van der Waals surface area (Å²) in [5, 5.41) is 5.91. The molecule has 1 heterocycles. The van der Waals surface area contributed by atoms with Crippen molar-refractivity contribution in [1.29, 1.82) is 0 Å². The van der Waals surface area contributed by atoms with Crippen LogP contribution in [0.1, 0.15) is 36.6 Å². The summed E-state index contributed by atoms with van der Waals surface area (Å²) in [6.07, 6.45) is 4.33. The van der Waals surface area contributed by atoms with Crippen LogP contribution in [-0.2, 0) is 6.42 Å². The number of carbonyl (C=O) groups is 1. The van der Waals surface area contributed by atoms with Gasteiger partial charge in [0.2, 0.25) is 0 Å². The van der Waals surface area contributed by atoms with E-state index in [2.05, 4.69) is 22.5 Å². The molecule has 0 aliphatic carbocycles. The second kappa shape index (κ2) is 6.88. The number of nitrogens with zero attached hydrogens (tertiary/aromatic N) is 1. The monoisotopic (exact) mass is 283 g/mol. The van der Waals surface area contributed by atoms with E-state index in [1.54, 1.807) is 12.4 Å². The highest BCUT2D eigenvalue weighted by Crippen LogP contribution is 2.21. The molecule has 0 aliphatic heterocycles. The minimum Gasteiger partial charge on any atom is -0.331 e. The second-order valence-electron chi connectivity index (χ2n) is 5.06. The maximum Gasteiger partial charge on any atom is 0.319 e. The average Bonchev–Trinajstić information content (AvgIpc) is 2.50. The van der Waals surface area contributed by atoms with Gasteiger partial charge in [-0.1, -0.05) is 25.1 Å². The predicted molar refractivity (Wildman–Crippen MR) is 85.4 cm³/mol. The number of aromatic nitrogens is 1. The summed E-state index contributed by atoms with van der Waals surface area (Å²) in [5.74, 6) is 0. The lowest BCUT2D eigenvalue weighted by molar-refractivity contribution is 0.249. The van der Waals surface area contributed by atoms with Gasteiger partial charge < -0.3 is 10.6 Å². The topological polar surface area (TPSA) is 54.0 Å². The van der Waals surface area contributed by atoms with Crippen LogP contribution in [0.5, 0.6) is 0 Å². The van der Waals surface area contributed by atoms with Crippen LogP contribution in [0.25, 0.3) is 0 Å². The van der Waals surface area contributed by atoms with Crippen molar-refractivity contribution >= 4 is 11.7 Å². The van der Waals surface area contributed by atoms with Crippen molar-refractivity contribution in [3.8, 4) is 0 Å². The quantitative estimate of drug-likeness (QED) is 0.895. The van der Waals surface area contributed by atoms with Crippen LogP contribution < -0.4 is 10.6 Å². The SMILES string of the molecule is CCc1cccc(C)c1NC(=O)N[C@H](C)c1ccncc1. The molecule has 21 heavy (non-hydrogen) atoms. The molecule has 0 spiro atoms. The first-order chi connectivity index (χ1) is 10.1. The van der Waals surface area contributed by atoms with Gasteiger partial charge in [0.15, 0.2) is 0 Å². The average molecular weight is 283 g/mol. The molecule has 0 bridgehead atoms. The Hall–Kier alpha value is -2.36. The number of aryl methyl sites for hydroxylation is 2. The minimum atomic E-state index is -0.191. The molecule has 2 aromatic rings. The number of anilines is 1. The van der Waals surface area contributed by atoms with Crippen molar-refractivity contribution in [2.45, 2.75) is 33.2 Å². The van der Waals surface area contributed by atoms with Gasteiger partial charge >= 0.3 is 6.03 Å². The van der Waals surface area contributed by atoms with E-state index in [-0.39, 0.29) is 12.1 Å². The summed E-state index contributed by atoms with van der Waals surface area (Å²) in [6, 6.07) is 9.59. The fourth-order valence-electron chi connectivity index (χ4n) is 2.28. The van der Waals surface area contributed by atoms with Gasteiger partial charge in [-0.3, -0.25) is 4.98 Å². The molecule has 0 saturated carbocycles. The summed E-state index contributed by atoms with van der Waals surface area (Å²) in [4.78, 5) is 16.2. The van der Waals surface area contributed by atoms with Gasteiger partial charge in [0, 0.05) is 18.1 Å². The molecular formula is C17H21N3O. The minimum absolute atomic E-state index is 0.0675. The highest BCUT2D eigenvalue weighted by Gasteiger charge is 2.12. The first-order valence-corrected chi connectivity index (χ1v) is 7.17. The standard InChI is InChI=1S/C17H21N3O/c1-4-14-7-5-6-12(2)16(14)20-17(21)19-13(3)15-8-10-18-11-9-15/h5-11,13H,4H2,1-3H3,(H2,19,20,21)/t13-/m1/s1. The number of rotatable bonds is 4. The van der Waals surface area contributed by atoms with Crippen molar-refractivity contribution in [1.82, 2.24) is 10.3 Å². The Morgan fingerprint density at radius 3 is 2.62 bits per heavy atom. The Balaban J connectivity index is 2.06. The summed E-state index contributed by atoms with van der Waals surface area (Å²) < 4.78 is 0. The van der Waals surface area contributed by atoms with E-state index in [0.717, 1.165) is 28.8 Å². The van der Waals surface area contributed by atoms with Gasteiger partial charge in [0.25, 0.3) is 0 Å². The van der Waals surface area contributed by atoms with Gasteiger partial charge in [0.1, 0.15) is 0 Å². The van der Waals surface area contributed by atoms with E-state index < -0.39 is 0 Å². The molecule has 4 heteroatoms. The number of urea groups is 1. The molecule has 110 valence electrons. The third-order valence-electron chi connectivity index (χ3n) is 3.53. The van der Waals surface area contributed by atoms with Gasteiger partial charge in [-0.05, 0) is 49.1 Å².